The molecule has 0 bridgehead atoms. The van der Waals surface area contributed by atoms with Gasteiger partial charge in [0.05, 0.1) is 18.0 Å². The maximum Gasteiger partial charge on any atom is 0.238 e. The summed E-state index contributed by atoms with van der Waals surface area (Å²) in [7, 11) is 1.48. The van der Waals surface area contributed by atoms with E-state index in [9.17, 15) is 9.18 Å². The molecule has 0 radical (unpaired) electrons. The van der Waals surface area contributed by atoms with E-state index in [1.165, 1.54) is 31.5 Å². The molecule has 2 heterocycles. The number of hydrogen-bond donors (Lipinski definition) is 1. The molecule has 3 rings (SSSR count). The highest BCUT2D eigenvalue weighted by atomic mass is 19.1. The zero-order valence-corrected chi connectivity index (χ0v) is 9.53. The molecular weight excluding hydrogens is 235 g/mol. The molecule has 0 aliphatic carbocycles. The maximum atomic E-state index is 13.2. The summed E-state index contributed by atoms with van der Waals surface area (Å²) in [5, 5.41) is 0.746. The lowest BCUT2D eigenvalue weighted by atomic mass is 10.1. The van der Waals surface area contributed by atoms with Crippen LogP contribution in [0.5, 0.6) is 5.88 Å². The lowest BCUT2D eigenvalue weighted by Crippen LogP contribution is -2.06. The molecule has 0 saturated carbocycles. The first-order chi connectivity index (χ1) is 8.70. The van der Waals surface area contributed by atoms with E-state index in [0.29, 0.717) is 27.7 Å². The van der Waals surface area contributed by atoms with Crippen LogP contribution in [-0.4, -0.2) is 17.1 Å². The van der Waals surface area contributed by atoms with Crippen molar-refractivity contribution in [3.63, 3.8) is 0 Å². The van der Waals surface area contributed by atoms with E-state index in [0.717, 1.165) is 0 Å². The molecule has 18 heavy (non-hydrogen) atoms. The summed E-state index contributed by atoms with van der Waals surface area (Å²) in [6.45, 7) is 0. The first-order valence-electron chi connectivity index (χ1n) is 5.35. The van der Waals surface area contributed by atoms with Crippen molar-refractivity contribution in [1.29, 1.82) is 0 Å². The van der Waals surface area contributed by atoms with Crippen molar-refractivity contribution in [2.24, 2.45) is 0 Å². The fourth-order valence-corrected chi connectivity index (χ4v) is 2.00. The number of hydrogen-bond acceptors (Lipinski definition) is 3. The number of nitrogens with zero attached hydrogens (tertiary/aromatic N) is 1. The first kappa shape index (κ1) is 10.7. The molecular formula is C13H9FN2O2. The average Bonchev–Trinajstić information content (AvgIpc) is 2.39. The van der Waals surface area contributed by atoms with Crippen LogP contribution in [0.4, 0.5) is 4.39 Å². The van der Waals surface area contributed by atoms with E-state index in [2.05, 4.69) is 9.97 Å². The molecule has 0 unspecified atom stereocenters. The van der Waals surface area contributed by atoms with Gasteiger partial charge in [-0.25, -0.2) is 9.37 Å². The largest absolute Gasteiger partial charge is 0.479 e. The summed E-state index contributed by atoms with van der Waals surface area (Å²) in [6, 6.07) is 5.63. The van der Waals surface area contributed by atoms with Gasteiger partial charge in [-0.15, -0.1) is 0 Å². The van der Waals surface area contributed by atoms with Gasteiger partial charge in [-0.3, -0.25) is 4.79 Å². The molecule has 0 saturated heterocycles. The van der Waals surface area contributed by atoms with Gasteiger partial charge in [-0.2, -0.15) is 0 Å². The molecule has 3 aromatic rings. The standard InChI is InChI=1S/C13H9FN2O2/c1-18-13-11-8(4-5-15-13)12(17)9-6-7(14)2-3-10(9)16-11/h2-6H,1H3,(H,16,17). The van der Waals surface area contributed by atoms with Gasteiger partial charge in [0.15, 0.2) is 5.43 Å². The zero-order chi connectivity index (χ0) is 12.7. The fraction of sp³-hybridized carbons (Fsp3) is 0.0769. The third-order valence-corrected chi connectivity index (χ3v) is 2.84. The van der Waals surface area contributed by atoms with Gasteiger partial charge in [0.25, 0.3) is 0 Å². The van der Waals surface area contributed by atoms with Crippen LogP contribution < -0.4 is 10.2 Å². The second-order valence-corrected chi connectivity index (χ2v) is 3.89. The molecule has 5 heteroatoms. The minimum absolute atomic E-state index is 0.237. The van der Waals surface area contributed by atoms with E-state index < -0.39 is 5.82 Å². The molecule has 0 aliphatic rings. The molecule has 0 atom stereocenters. The molecule has 0 aliphatic heterocycles. The van der Waals surface area contributed by atoms with Gasteiger partial charge >= 0.3 is 0 Å². The number of nitrogens with one attached hydrogen (secondary N) is 1. The molecule has 0 fully saturated rings. The van der Waals surface area contributed by atoms with E-state index in [1.807, 2.05) is 0 Å². The van der Waals surface area contributed by atoms with Crippen molar-refractivity contribution < 1.29 is 9.13 Å². The van der Waals surface area contributed by atoms with E-state index in [1.54, 1.807) is 6.07 Å². The minimum Gasteiger partial charge on any atom is -0.479 e. The highest BCUT2D eigenvalue weighted by Crippen LogP contribution is 2.21. The SMILES string of the molecule is COc1nccc2c(=O)c3cc(F)ccc3[nH]c12. The van der Waals surface area contributed by atoms with Crippen molar-refractivity contribution in [2.75, 3.05) is 7.11 Å². The number of fused-ring (bicyclic) bond motifs is 2. The minimum atomic E-state index is -0.437. The first-order valence-corrected chi connectivity index (χ1v) is 5.35. The highest BCUT2D eigenvalue weighted by Gasteiger charge is 2.10. The second kappa shape index (κ2) is 3.80. The number of pyridine rings is 2. The molecule has 0 spiro atoms. The fourth-order valence-electron chi connectivity index (χ4n) is 2.00. The average molecular weight is 244 g/mol. The zero-order valence-electron chi connectivity index (χ0n) is 9.53. The van der Waals surface area contributed by atoms with Crippen molar-refractivity contribution in [3.8, 4) is 5.88 Å². The van der Waals surface area contributed by atoms with E-state index in [4.69, 9.17) is 4.74 Å². The van der Waals surface area contributed by atoms with Crippen molar-refractivity contribution in [3.05, 3.63) is 46.5 Å². The Balaban J connectivity index is 2.56. The lowest BCUT2D eigenvalue weighted by molar-refractivity contribution is 0.402. The number of methoxy groups -OCH3 is 1. The van der Waals surface area contributed by atoms with Crippen LogP contribution in [0.2, 0.25) is 0 Å². The normalized spacial score (nSPS) is 11.0. The summed E-state index contributed by atoms with van der Waals surface area (Å²) in [6.07, 6.45) is 1.49. The molecule has 4 nitrogen and oxygen atoms in total. The number of rotatable bonds is 1. The van der Waals surface area contributed by atoms with Crippen molar-refractivity contribution in [1.82, 2.24) is 9.97 Å². The molecule has 1 aromatic carbocycles. The van der Waals surface area contributed by atoms with Crippen LogP contribution >= 0.6 is 0 Å². The molecule has 90 valence electrons. The Labute approximate surface area is 101 Å². The monoisotopic (exact) mass is 244 g/mol. The van der Waals surface area contributed by atoms with Crippen molar-refractivity contribution >= 4 is 21.8 Å². The Bertz CT molecular complexity index is 811. The number of aromatic nitrogens is 2. The molecule has 0 amide bonds. The number of ether oxygens (including phenoxy) is 1. The van der Waals surface area contributed by atoms with Gasteiger partial charge in [-0.1, -0.05) is 0 Å². The Morgan fingerprint density at radius 2 is 2.11 bits per heavy atom. The van der Waals surface area contributed by atoms with Crippen LogP contribution in [0, 0.1) is 5.82 Å². The van der Waals surface area contributed by atoms with Crippen LogP contribution in [0.1, 0.15) is 0 Å². The predicted molar refractivity (Wildman–Crippen MR) is 66.4 cm³/mol. The quantitative estimate of drug-likeness (QED) is 0.668. The second-order valence-electron chi connectivity index (χ2n) is 3.89. The summed E-state index contributed by atoms with van der Waals surface area (Å²) in [5.74, 6) is -0.0933. The van der Waals surface area contributed by atoms with Gasteiger partial charge in [0, 0.05) is 11.6 Å². The third kappa shape index (κ3) is 1.44. The number of H-pyrrole nitrogens is 1. The predicted octanol–water partition coefficient (Wildman–Crippen LogP) is 2.22. The van der Waals surface area contributed by atoms with E-state index in [-0.39, 0.29) is 5.43 Å². The summed E-state index contributed by atoms with van der Waals surface area (Å²) < 4.78 is 18.3. The van der Waals surface area contributed by atoms with E-state index >= 15 is 0 Å². The van der Waals surface area contributed by atoms with Gasteiger partial charge in [0.2, 0.25) is 5.88 Å². The lowest BCUT2D eigenvalue weighted by Gasteiger charge is -2.05. The maximum absolute atomic E-state index is 13.2. The smallest absolute Gasteiger partial charge is 0.238 e. The van der Waals surface area contributed by atoms with Gasteiger partial charge in [0.1, 0.15) is 11.3 Å². The van der Waals surface area contributed by atoms with Crippen LogP contribution in [0.15, 0.2) is 35.3 Å². The Morgan fingerprint density at radius 1 is 1.28 bits per heavy atom. The van der Waals surface area contributed by atoms with Crippen LogP contribution in [-0.2, 0) is 0 Å². The Kier molecular flexibility index (Phi) is 2.26. The molecule has 2 aromatic heterocycles. The number of aromatic amines is 1. The van der Waals surface area contributed by atoms with Crippen molar-refractivity contribution in [2.45, 2.75) is 0 Å². The Hall–Kier alpha value is -2.43. The summed E-state index contributed by atoms with van der Waals surface area (Å²) >= 11 is 0. The third-order valence-electron chi connectivity index (χ3n) is 2.84. The molecule has 1 N–H and O–H groups in total. The van der Waals surface area contributed by atoms with Crippen LogP contribution in [0.25, 0.3) is 21.8 Å². The van der Waals surface area contributed by atoms with Crippen LogP contribution in [0.3, 0.4) is 0 Å². The number of halogens is 1. The number of benzene rings is 1. The van der Waals surface area contributed by atoms with Gasteiger partial charge < -0.3 is 9.72 Å². The highest BCUT2D eigenvalue weighted by molar-refractivity contribution is 5.94. The summed E-state index contributed by atoms with van der Waals surface area (Å²) in [4.78, 5) is 19.3. The topological polar surface area (TPSA) is 55.0 Å². The van der Waals surface area contributed by atoms with Gasteiger partial charge in [-0.05, 0) is 24.3 Å². The Morgan fingerprint density at radius 3 is 2.89 bits per heavy atom. The summed E-state index contributed by atoms with van der Waals surface area (Å²) in [5.41, 5.74) is 0.836.